The number of nitrogens with one attached hydrogen (secondary N) is 2. The molecule has 3 atom stereocenters. The van der Waals surface area contributed by atoms with Crippen LogP contribution in [0, 0.1) is 0 Å². The first-order valence-electron chi connectivity index (χ1n) is 12.7. The summed E-state index contributed by atoms with van der Waals surface area (Å²) in [5, 5.41) is 5.87. The van der Waals surface area contributed by atoms with Gasteiger partial charge in [0.05, 0.1) is 25.1 Å². The van der Waals surface area contributed by atoms with Crippen molar-refractivity contribution < 1.29 is 36.7 Å². The van der Waals surface area contributed by atoms with Crippen LogP contribution in [-0.4, -0.2) is 55.9 Å². The molecule has 0 aliphatic rings. The van der Waals surface area contributed by atoms with Gasteiger partial charge in [0.25, 0.3) is 0 Å². The molecule has 0 saturated carbocycles. The normalized spacial score (nSPS) is 15.5. The van der Waals surface area contributed by atoms with Gasteiger partial charge in [0.2, 0.25) is 7.44 Å². The van der Waals surface area contributed by atoms with Gasteiger partial charge in [-0.15, -0.1) is 13.2 Å². The van der Waals surface area contributed by atoms with Crippen LogP contribution >= 0.6 is 7.44 Å². The molecular weight excluding hydrogens is 566 g/mol. The predicted octanol–water partition coefficient (Wildman–Crippen LogP) is 4.53. The van der Waals surface area contributed by atoms with E-state index in [0.29, 0.717) is 23.3 Å². The molecule has 16 heteroatoms. The van der Waals surface area contributed by atoms with Gasteiger partial charge in [-0.25, -0.2) is 25.1 Å². The number of hydrogen-bond acceptors (Lipinski definition) is 9. The monoisotopic (exact) mass is 601 g/mol. The molecule has 2 aromatic heterocycles. The third kappa shape index (κ3) is 9.12. The molecule has 0 radical (unpaired) electrons. The van der Waals surface area contributed by atoms with Gasteiger partial charge in [0, 0.05) is 6.04 Å². The third-order valence-electron chi connectivity index (χ3n) is 5.75. The van der Waals surface area contributed by atoms with Gasteiger partial charge in [-0.1, -0.05) is 12.1 Å². The van der Waals surface area contributed by atoms with Gasteiger partial charge in [0.15, 0.2) is 11.5 Å². The Kier molecular flexibility index (Phi) is 10.0. The van der Waals surface area contributed by atoms with E-state index in [1.807, 2.05) is 0 Å². The number of hydrogen-bond donors (Lipinski definition) is 3. The summed E-state index contributed by atoms with van der Waals surface area (Å²) in [6, 6.07) is 4.54. The van der Waals surface area contributed by atoms with Crippen LogP contribution in [0.25, 0.3) is 11.2 Å². The number of carbonyl (C=O) groups is 1. The predicted molar refractivity (Wildman–Crippen MR) is 146 cm³/mol. The number of benzene rings is 1. The number of imidazole rings is 1. The lowest BCUT2D eigenvalue weighted by Crippen LogP contribution is -2.49. The lowest BCUT2D eigenvalue weighted by atomic mass is 10.1. The lowest BCUT2D eigenvalue weighted by molar-refractivity contribution is -0.274. The van der Waals surface area contributed by atoms with E-state index in [1.165, 1.54) is 32.3 Å². The van der Waals surface area contributed by atoms with Gasteiger partial charge in [-0.2, -0.15) is 0 Å². The van der Waals surface area contributed by atoms with E-state index in [0.717, 1.165) is 12.1 Å². The van der Waals surface area contributed by atoms with Gasteiger partial charge < -0.3 is 24.5 Å². The molecular formula is C25H35F3N7O5P. The number of aromatic nitrogens is 4. The molecule has 12 nitrogen and oxygen atoms in total. The Morgan fingerprint density at radius 2 is 1.76 bits per heavy atom. The molecule has 0 fully saturated rings. The van der Waals surface area contributed by atoms with Crippen LogP contribution in [0.5, 0.6) is 5.75 Å². The minimum absolute atomic E-state index is 0.239. The highest BCUT2D eigenvalue weighted by atomic mass is 31.2. The zero-order chi connectivity index (χ0) is 30.6. The molecule has 0 aliphatic carbocycles. The number of alkyl halides is 3. The summed E-state index contributed by atoms with van der Waals surface area (Å²) >= 11 is 0. The maximum Gasteiger partial charge on any atom is 0.573 e. The first-order chi connectivity index (χ1) is 19.0. The topological polar surface area (TPSA) is 156 Å². The lowest BCUT2D eigenvalue weighted by Gasteiger charge is -2.33. The number of halogens is 3. The number of carbonyl (C=O) groups excluding carboxylic acids is 1. The fourth-order valence-electron chi connectivity index (χ4n) is 3.90. The van der Waals surface area contributed by atoms with Gasteiger partial charge in [0.1, 0.15) is 29.5 Å². The molecule has 0 aliphatic heterocycles. The summed E-state index contributed by atoms with van der Waals surface area (Å²) < 4.78 is 68.8. The number of nitrogens with two attached hydrogens (primary N) is 1. The van der Waals surface area contributed by atoms with Crippen LogP contribution in [0.3, 0.4) is 0 Å². The number of esters is 1. The Hall–Kier alpha value is -3.26. The second-order valence-electron chi connectivity index (χ2n) is 10.3. The van der Waals surface area contributed by atoms with Crippen LogP contribution < -0.4 is 20.6 Å². The van der Waals surface area contributed by atoms with Crippen LogP contribution in [0.1, 0.15) is 53.1 Å². The maximum atomic E-state index is 14.2. The summed E-state index contributed by atoms with van der Waals surface area (Å²) in [5.74, 6) is -0.766. The SMILES string of the molecule is CC(C)OC(=O)C(C)(C)N[P@@](=O)(CO[C@H](C)Cn1cnc2c(N)ncnc21)N[C@H](C)c1ccc(OC(F)(F)F)cc1. The van der Waals surface area contributed by atoms with Gasteiger partial charge in [-0.3, -0.25) is 9.36 Å². The molecule has 0 saturated heterocycles. The summed E-state index contributed by atoms with van der Waals surface area (Å²) in [4.78, 5) is 25.1. The number of nitrogens with zero attached hydrogens (tertiary/aromatic N) is 4. The third-order valence-corrected chi connectivity index (χ3v) is 7.99. The van der Waals surface area contributed by atoms with E-state index in [9.17, 15) is 22.5 Å². The summed E-state index contributed by atoms with van der Waals surface area (Å²) in [6.07, 6.45) is -3.17. The van der Waals surface area contributed by atoms with E-state index in [4.69, 9.17) is 15.2 Å². The van der Waals surface area contributed by atoms with E-state index in [1.54, 1.807) is 38.6 Å². The standard InChI is InChI=1S/C25H35F3N7O5P/c1-15(2)39-23(36)24(5,6)34-41(37,33-17(4)18-7-9-19(10-8-18)40-25(26,27)28)14-38-16(3)11-35-13-32-20-21(29)30-12-31-22(20)35/h7-10,12-13,15-17H,11,14H2,1-6H3,(H2,29,30,31)(H2,33,34,37)/t16-,17-,41-/m1/s1. The molecule has 3 rings (SSSR count). The van der Waals surface area contributed by atoms with Crippen molar-refractivity contribution in [2.75, 3.05) is 12.1 Å². The number of anilines is 1. The van der Waals surface area contributed by atoms with Gasteiger partial charge >= 0.3 is 12.3 Å². The average Bonchev–Trinajstić information content (AvgIpc) is 3.25. The summed E-state index contributed by atoms with van der Waals surface area (Å²) in [6.45, 7) is 10.2. The second-order valence-corrected chi connectivity index (χ2v) is 12.6. The minimum atomic E-state index is -4.82. The summed E-state index contributed by atoms with van der Waals surface area (Å²) in [7, 11) is -3.71. The number of nitrogen functional groups attached to an aromatic ring is 1. The van der Waals surface area contributed by atoms with Crippen molar-refractivity contribution in [3.63, 3.8) is 0 Å². The Bertz CT molecular complexity index is 1380. The second kappa shape index (κ2) is 12.7. The zero-order valence-electron chi connectivity index (χ0n) is 23.6. The van der Waals surface area contributed by atoms with Crippen molar-refractivity contribution in [2.24, 2.45) is 0 Å². The molecule has 2 heterocycles. The molecule has 0 spiro atoms. The Labute approximate surface area is 235 Å². The molecule has 1 aromatic carbocycles. The highest BCUT2D eigenvalue weighted by molar-refractivity contribution is 7.59. The molecule has 41 heavy (non-hydrogen) atoms. The fraction of sp³-hybridized carbons (Fsp3) is 0.520. The van der Waals surface area contributed by atoms with Crippen molar-refractivity contribution in [1.82, 2.24) is 29.7 Å². The van der Waals surface area contributed by atoms with Crippen LogP contribution in [-0.2, 0) is 25.4 Å². The molecule has 0 bridgehead atoms. The molecule has 3 aromatic rings. The van der Waals surface area contributed by atoms with Crippen molar-refractivity contribution >= 4 is 30.4 Å². The molecule has 226 valence electrons. The Morgan fingerprint density at radius 1 is 1.10 bits per heavy atom. The van der Waals surface area contributed by atoms with Crippen LogP contribution in [0.4, 0.5) is 19.0 Å². The highest BCUT2D eigenvalue weighted by Gasteiger charge is 2.39. The summed E-state index contributed by atoms with van der Waals surface area (Å²) in [5.41, 5.74) is 5.96. The Morgan fingerprint density at radius 3 is 2.37 bits per heavy atom. The molecule has 0 unspecified atom stereocenters. The van der Waals surface area contributed by atoms with Crippen molar-refractivity contribution in [3.8, 4) is 5.75 Å². The quantitative estimate of drug-likeness (QED) is 0.187. The zero-order valence-corrected chi connectivity index (χ0v) is 24.5. The minimum Gasteiger partial charge on any atom is -0.462 e. The fourth-order valence-corrected chi connectivity index (χ4v) is 6.34. The van der Waals surface area contributed by atoms with Crippen LogP contribution in [0.15, 0.2) is 36.9 Å². The number of fused-ring (bicyclic) bond motifs is 1. The van der Waals surface area contributed by atoms with Crippen LogP contribution in [0.2, 0.25) is 0 Å². The maximum absolute atomic E-state index is 14.2. The average molecular weight is 602 g/mol. The van der Waals surface area contributed by atoms with Crippen molar-refractivity contribution in [2.45, 2.75) is 78.2 Å². The van der Waals surface area contributed by atoms with E-state index in [-0.39, 0.29) is 17.9 Å². The molecule has 4 N–H and O–H groups in total. The Balaban J connectivity index is 1.77. The number of rotatable bonds is 13. The van der Waals surface area contributed by atoms with E-state index >= 15 is 0 Å². The first kappa shape index (κ1) is 32.3. The highest BCUT2D eigenvalue weighted by Crippen LogP contribution is 2.42. The molecule has 0 amide bonds. The smallest absolute Gasteiger partial charge is 0.462 e. The van der Waals surface area contributed by atoms with Gasteiger partial charge in [-0.05, 0) is 59.2 Å². The van der Waals surface area contributed by atoms with E-state index in [2.05, 4.69) is 29.9 Å². The van der Waals surface area contributed by atoms with E-state index < -0.39 is 43.6 Å². The number of ether oxygens (including phenoxy) is 3. The van der Waals surface area contributed by atoms with Crippen molar-refractivity contribution in [3.05, 3.63) is 42.5 Å². The largest absolute Gasteiger partial charge is 0.573 e. The first-order valence-corrected chi connectivity index (χ1v) is 14.6. The van der Waals surface area contributed by atoms with Crippen molar-refractivity contribution in [1.29, 1.82) is 0 Å².